The van der Waals surface area contributed by atoms with Gasteiger partial charge in [0.2, 0.25) is 0 Å². The number of carbonyl (C=O) groups is 1. The number of nitrogens with two attached hydrogens (primary N) is 1. The van der Waals surface area contributed by atoms with Crippen molar-refractivity contribution < 1.29 is 18.3 Å². The lowest BCUT2D eigenvalue weighted by atomic mass is 10.2. The molecule has 0 heterocycles. The molecule has 76 valence electrons. The number of anilines is 1. The first-order valence-corrected chi connectivity index (χ1v) is 3.98. The summed E-state index contributed by atoms with van der Waals surface area (Å²) >= 11 is 0. The molecule has 14 heavy (non-hydrogen) atoms. The van der Waals surface area contributed by atoms with Crippen LogP contribution < -0.4 is 5.73 Å². The Bertz CT molecular complexity index is 366. The van der Waals surface area contributed by atoms with Crippen LogP contribution >= 0.6 is 0 Å². The number of esters is 1. The van der Waals surface area contributed by atoms with Gasteiger partial charge in [-0.1, -0.05) is 0 Å². The summed E-state index contributed by atoms with van der Waals surface area (Å²) in [7, 11) is 0. The molecule has 0 fully saturated rings. The first kappa shape index (κ1) is 10.4. The Morgan fingerprint density at radius 2 is 2.07 bits per heavy atom. The summed E-state index contributed by atoms with van der Waals surface area (Å²) in [5.41, 5.74) is 4.54. The normalized spacial score (nSPS) is 9.93. The van der Waals surface area contributed by atoms with Crippen LogP contribution in [0.3, 0.4) is 0 Å². The molecule has 0 aliphatic carbocycles. The maximum Gasteiger partial charge on any atom is 0.341 e. The van der Waals surface area contributed by atoms with Crippen LogP contribution in [-0.4, -0.2) is 12.6 Å². The van der Waals surface area contributed by atoms with Gasteiger partial charge in [-0.05, 0) is 13.0 Å². The smallest absolute Gasteiger partial charge is 0.341 e. The van der Waals surface area contributed by atoms with Gasteiger partial charge in [-0.25, -0.2) is 13.6 Å². The Hall–Kier alpha value is -1.65. The van der Waals surface area contributed by atoms with E-state index in [2.05, 4.69) is 4.74 Å². The molecular weight excluding hydrogens is 192 g/mol. The predicted octanol–water partition coefficient (Wildman–Crippen LogP) is 1.72. The Balaban J connectivity index is 3.09. The Morgan fingerprint density at radius 1 is 1.43 bits per heavy atom. The summed E-state index contributed by atoms with van der Waals surface area (Å²) in [6.07, 6.45) is 0. The molecule has 1 aromatic rings. The zero-order chi connectivity index (χ0) is 10.7. The van der Waals surface area contributed by atoms with E-state index >= 15 is 0 Å². The highest BCUT2D eigenvalue weighted by Crippen LogP contribution is 2.17. The van der Waals surface area contributed by atoms with Crippen LogP contribution in [0.1, 0.15) is 17.3 Å². The maximum absolute atomic E-state index is 13.0. The average Bonchev–Trinajstić information content (AvgIpc) is 2.11. The Kier molecular flexibility index (Phi) is 3.01. The lowest BCUT2D eigenvalue weighted by Gasteiger charge is -2.04. The predicted molar refractivity (Wildman–Crippen MR) is 46.7 cm³/mol. The number of rotatable bonds is 2. The molecule has 1 rings (SSSR count). The van der Waals surface area contributed by atoms with Crippen LogP contribution in [-0.2, 0) is 4.74 Å². The van der Waals surface area contributed by atoms with Gasteiger partial charge in [0.05, 0.1) is 17.9 Å². The van der Waals surface area contributed by atoms with Crippen LogP contribution in [0.2, 0.25) is 0 Å². The Labute approximate surface area is 79.5 Å². The first-order chi connectivity index (χ1) is 6.56. The van der Waals surface area contributed by atoms with Gasteiger partial charge in [-0.3, -0.25) is 0 Å². The number of benzene rings is 1. The molecule has 0 aliphatic rings. The topological polar surface area (TPSA) is 52.3 Å². The van der Waals surface area contributed by atoms with Crippen molar-refractivity contribution in [3.63, 3.8) is 0 Å². The SMILES string of the molecule is CCOC(=O)c1cc(N)c(F)cc1F. The minimum absolute atomic E-state index is 0.121. The van der Waals surface area contributed by atoms with Crippen molar-refractivity contribution in [3.05, 3.63) is 29.3 Å². The fourth-order valence-corrected chi connectivity index (χ4v) is 0.931. The first-order valence-electron chi connectivity index (χ1n) is 3.98. The second-order valence-electron chi connectivity index (χ2n) is 2.57. The quantitative estimate of drug-likeness (QED) is 0.585. The van der Waals surface area contributed by atoms with Crippen molar-refractivity contribution >= 4 is 11.7 Å². The van der Waals surface area contributed by atoms with Gasteiger partial charge in [0.15, 0.2) is 0 Å². The van der Waals surface area contributed by atoms with Crippen LogP contribution in [0.4, 0.5) is 14.5 Å². The molecule has 0 atom stereocenters. The van der Waals surface area contributed by atoms with Crippen molar-refractivity contribution in [2.75, 3.05) is 12.3 Å². The molecule has 0 saturated heterocycles. The molecule has 0 amide bonds. The molecule has 2 N–H and O–H groups in total. The number of carbonyl (C=O) groups excluding carboxylic acids is 1. The molecule has 5 heteroatoms. The van der Waals surface area contributed by atoms with Gasteiger partial charge < -0.3 is 10.5 Å². The molecule has 0 saturated carbocycles. The largest absolute Gasteiger partial charge is 0.462 e. The van der Waals surface area contributed by atoms with Gasteiger partial charge in [0.1, 0.15) is 11.6 Å². The maximum atomic E-state index is 13.0. The highest BCUT2D eigenvalue weighted by Gasteiger charge is 2.15. The van der Waals surface area contributed by atoms with Gasteiger partial charge >= 0.3 is 5.97 Å². The summed E-state index contributed by atoms with van der Waals surface area (Å²) in [4.78, 5) is 11.1. The monoisotopic (exact) mass is 201 g/mol. The van der Waals surface area contributed by atoms with E-state index in [1.165, 1.54) is 0 Å². The standard InChI is InChI=1S/C9H9F2NO2/c1-2-14-9(13)5-3-8(12)7(11)4-6(5)10/h3-4H,2,12H2,1H3. The summed E-state index contributed by atoms with van der Waals surface area (Å²) in [5, 5.41) is 0. The molecule has 0 aliphatic heterocycles. The van der Waals surface area contributed by atoms with Gasteiger partial charge in [0.25, 0.3) is 0 Å². The van der Waals surface area contributed by atoms with E-state index in [-0.39, 0.29) is 17.9 Å². The number of ether oxygens (including phenoxy) is 1. The fourth-order valence-electron chi connectivity index (χ4n) is 0.931. The van der Waals surface area contributed by atoms with Gasteiger partial charge in [0, 0.05) is 6.07 Å². The Morgan fingerprint density at radius 3 is 2.64 bits per heavy atom. The fraction of sp³-hybridized carbons (Fsp3) is 0.222. The van der Waals surface area contributed by atoms with E-state index in [9.17, 15) is 13.6 Å². The summed E-state index contributed by atoms with van der Waals surface area (Å²) < 4.78 is 30.2. The average molecular weight is 201 g/mol. The van der Waals surface area contributed by atoms with E-state index in [1.54, 1.807) is 6.92 Å². The molecular formula is C9H9F2NO2. The van der Waals surface area contributed by atoms with E-state index in [0.717, 1.165) is 6.07 Å². The highest BCUT2D eigenvalue weighted by atomic mass is 19.1. The van der Waals surface area contributed by atoms with Crippen molar-refractivity contribution in [2.45, 2.75) is 6.92 Å². The second-order valence-corrected chi connectivity index (χ2v) is 2.57. The third-order valence-electron chi connectivity index (χ3n) is 1.58. The van der Waals surface area contributed by atoms with E-state index < -0.39 is 17.6 Å². The van der Waals surface area contributed by atoms with Gasteiger partial charge in [-0.15, -0.1) is 0 Å². The summed E-state index contributed by atoms with van der Waals surface area (Å²) in [6.45, 7) is 1.71. The summed E-state index contributed by atoms with van der Waals surface area (Å²) in [6, 6.07) is 1.48. The molecule has 0 unspecified atom stereocenters. The number of hydrogen-bond acceptors (Lipinski definition) is 3. The van der Waals surface area contributed by atoms with Crippen molar-refractivity contribution in [1.82, 2.24) is 0 Å². The second kappa shape index (κ2) is 4.04. The van der Waals surface area contributed by atoms with Crippen molar-refractivity contribution in [3.8, 4) is 0 Å². The zero-order valence-electron chi connectivity index (χ0n) is 7.51. The molecule has 1 aromatic carbocycles. The molecule has 3 nitrogen and oxygen atoms in total. The number of hydrogen-bond donors (Lipinski definition) is 1. The van der Waals surface area contributed by atoms with Crippen molar-refractivity contribution in [1.29, 1.82) is 0 Å². The van der Waals surface area contributed by atoms with E-state index in [0.29, 0.717) is 6.07 Å². The van der Waals surface area contributed by atoms with E-state index in [4.69, 9.17) is 5.73 Å². The van der Waals surface area contributed by atoms with Crippen LogP contribution in [0, 0.1) is 11.6 Å². The minimum Gasteiger partial charge on any atom is -0.462 e. The third kappa shape index (κ3) is 1.99. The molecule has 0 spiro atoms. The molecule has 0 aromatic heterocycles. The summed E-state index contributed by atoms with van der Waals surface area (Å²) in [5.74, 6) is -2.72. The zero-order valence-corrected chi connectivity index (χ0v) is 7.51. The third-order valence-corrected chi connectivity index (χ3v) is 1.58. The molecule has 0 bridgehead atoms. The molecule has 0 radical (unpaired) electrons. The van der Waals surface area contributed by atoms with Crippen LogP contribution in [0.15, 0.2) is 12.1 Å². The van der Waals surface area contributed by atoms with Crippen LogP contribution in [0.25, 0.3) is 0 Å². The van der Waals surface area contributed by atoms with Gasteiger partial charge in [-0.2, -0.15) is 0 Å². The number of nitrogen functional groups attached to an aromatic ring is 1. The highest BCUT2D eigenvalue weighted by molar-refractivity contribution is 5.90. The lowest BCUT2D eigenvalue weighted by Crippen LogP contribution is -2.08. The van der Waals surface area contributed by atoms with Crippen LogP contribution in [0.5, 0.6) is 0 Å². The minimum atomic E-state index is -0.977. The number of halogens is 2. The van der Waals surface area contributed by atoms with E-state index in [1.807, 2.05) is 0 Å². The van der Waals surface area contributed by atoms with Crippen molar-refractivity contribution in [2.24, 2.45) is 0 Å². The lowest BCUT2D eigenvalue weighted by molar-refractivity contribution is 0.0521.